The number of hydrogen-bond acceptors (Lipinski definition) is 5. The number of benzene rings is 1. The van der Waals surface area contributed by atoms with Crippen molar-refractivity contribution in [1.29, 1.82) is 5.26 Å². The molecule has 0 atom stereocenters. The van der Waals surface area contributed by atoms with Crippen LogP contribution in [0.1, 0.15) is 45.4 Å². The molecule has 6 heteroatoms. The molecule has 1 heterocycles. The van der Waals surface area contributed by atoms with E-state index in [1.807, 2.05) is 19.1 Å². The van der Waals surface area contributed by atoms with Gasteiger partial charge in [-0.3, -0.25) is 9.69 Å². The molecule has 2 aliphatic rings. The summed E-state index contributed by atoms with van der Waals surface area (Å²) < 4.78 is 5.79. The Bertz CT molecular complexity index is 686. The fourth-order valence-corrected chi connectivity index (χ4v) is 4.52. The molecule has 1 aliphatic carbocycles. The van der Waals surface area contributed by atoms with Crippen molar-refractivity contribution in [3.05, 3.63) is 24.3 Å². The van der Waals surface area contributed by atoms with Crippen LogP contribution in [0.25, 0.3) is 0 Å². The van der Waals surface area contributed by atoms with Crippen molar-refractivity contribution < 1.29 is 9.53 Å². The first-order chi connectivity index (χ1) is 14.2. The van der Waals surface area contributed by atoms with Crippen LogP contribution in [-0.2, 0) is 4.79 Å². The predicted octanol–water partition coefficient (Wildman–Crippen LogP) is 3.19. The Morgan fingerprint density at radius 2 is 1.90 bits per heavy atom. The van der Waals surface area contributed by atoms with Crippen LogP contribution in [0.2, 0.25) is 0 Å². The molecule has 2 fully saturated rings. The minimum atomic E-state index is -0.125. The highest BCUT2D eigenvalue weighted by Gasteiger charge is 2.24. The van der Waals surface area contributed by atoms with E-state index in [1.54, 1.807) is 0 Å². The number of anilines is 1. The average molecular weight is 399 g/mol. The van der Waals surface area contributed by atoms with E-state index < -0.39 is 0 Å². The Morgan fingerprint density at radius 3 is 2.59 bits per heavy atom. The number of amides is 1. The molecule has 0 bridgehead atoms. The first-order valence-corrected chi connectivity index (χ1v) is 11.0. The van der Waals surface area contributed by atoms with Gasteiger partial charge in [-0.1, -0.05) is 12.1 Å². The summed E-state index contributed by atoms with van der Waals surface area (Å²) in [6.07, 6.45) is 5.67. The van der Waals surface area contributed by atoms with Crippen molar-refractivity contribution in [2.45, 2.75) is 51.5 Å². The van der Waals surface area contributed by atoms with Crippen LogP contribution in [0.15, 0.2) is 24.3 Å². The summed E-state index contributed by atoms with van der Waals surface area (Å²) in [6.45, 7) is 8.17. The Morgan fingerprint density at radius 1 is 1.17 bits per heavy atom. The first-order valence-electron chi connectivity index (χ1n) is 11.0. The van der Waals surface area contributed by atoms with E-state index in [1.165, 1.54) is 24.9 Å². The number of piperazine rings is 1. The summed E-state index contributed by atoms with van der Waals surface area (Å²) in [7, 11) is 0. The number of carbonyl (C=O) groups excluding carboxylic acids is 1. The highest BCUT2D eigenvalue weighted by molar-refractivity contribution is 5.78. The van der Waals surface area contributed by atoms with Gasteiger partial charge in [-0.2, -0.15) is 5.26 Å². The molecule has 0 unspecified atom stereocenters. The first kappa shape index (κ1) is 21.4. The van der Waals surface area contributed by atoms with Crippen LogP contribution in [0.3, 0.4) is 0 Å². The van der Waals surface area contributed by atoms with E-state index in [4.69, 9.17) is 10.00 Å². The van der Waals surface area contributed by atoms with Gasteiger partial charge in [0.25, 0.3) is 0 Å². The van der Waals surface area contributed by atoms with Crippen LogP contribution in [0, 0.1) is 17.2 Å². The van der Waals surface area contributed by atoms with Crippen molar-refractivity contribution in [2.75, 3.05) is 44.2 Å². The van der Waals surface area contributed by atoms with Crippen molar-refractivity contribution in [3.63, 3.8) is 0 Å². The third kappa shape index (κ3) is 6.37. The molecule has 158 valence electrons. The van der Waals surface area contributed by atoms with Crippen molar-refractivity contribution in [1.82, 2.24) is 10.2 Å². The largest absolute Gasteiger partial charge is 0.492 e. The summed E-state index contributed by atoms with van der Waals surface area (Å²) in [5.74, 6) is 1.62. The van der Waals surface area contributed by atoms with Gasteiger partial charge in [0.1, 0.15) is 12.2 Å². The second kappa shape index (κ2) is 11.1. The number of nitriles is 1. The quantitative estimate of drug-likeness (QED) is 0.728. The van der Waals surface area contributed by atoms with Crippen molar-refractivity contribution in [3.8, 4) is 11.8 Å². The van der Waals surface area contributed by atoms with Crippen LogP contribution >= 0.6 is 0 Å². The minimum absolute atomic E-state index is 0.0268. The Kier molecular flexibility index (Phi) is 8.18. The van der Waals surface area contributed by atoms with E-state index in [-0.39, 0.29) is 18.4 Å². The smallest absolute Gasteiger partial charge is 0.234 e. The monoisotopic (exact) mass is 398 g/mol. The second-order valence-corrected chi connectivity index (χ2v) is 8.14. The fraction of sp³-hybridized carbons (Fsp3) is 0.652. The highest BCUT2D eigenvalue weighted by atomic mass is 16.5. The summed E-state index contributed by atoms with van der Waals surface area (Å²) in [5.41, 5.74) is 1.21. The zero-order valence-electron chi connectivity index (χ0n) is 17.6. The molecule has 1 aliphatic heterocycles. The molecule has 1 N–H and O–H groups in total. The normalized spacial score (nSPS) is 22.7. The lowest BCUT2D eigenvalue weighted by atomic mass is 9.84. The maximum absolute atomic E-state index is 11.6. The summed E-state index contributed by atoms with van der Waals surface area (Å²) in [4.78, 5) is 16.6. The van der Waals surface area contributed by atoms with E-state index in [2.05, 4.69) is 33.3 Å². The third-order valence-electron chi connectivity index (χ3n) is 6.18. The maximum Gasteiger partial charge on any atom is 0.234 e. The van der Waals surface area contributed by atoms with Gasteiger partial charge >= 0.3 is 0 Å². The number of nitrogens with one attached hydrogen (secondary N) is 1. The number of hydrogen-bond donors (Lipinski definition) is 1. The third-order valence-corrected chi connectivity index (χ3v) is 6.18. The van der Waals surface area contributed by atoms with Gasteiger partial charge < -0.3 is 15.0 Å². The molecule has 1 saturated heterocycles. The Hall–Kier alpha value is -2.26. The molecule has 0 radical (unpaired) electrons. The summed E-state index contributed by atoms with van der Waals surface area (Å²) in [6, 6.07) is 10.5. The molecule has 1 aromatic rings. The molecule has 6 nitrogen and oxygen atoms in total. The van der Waals surface area contributed by atoms with Crippen LogP contribution in [0.4, 0.5) is 5.69 Å². The molecule has 1 saturated carbocycles. The van der Waals surface area contributed by atoms with E-state index in [0.717, 1.165) is 57.2 Å². The molecule has 29 heavy (non-hydrogen) atoms. The van der Waals surface area contributed by atoms with E-state index in [0.29, 0.717) is 6.61 Å². The van der Waals surface area contributed by atoms with Crippen molar-refractivity contribution in [2.24, 2.45) is 5.92 Å². The molecule has 3 rings (SSSR count). The van der Waals surface area contributed by atoms with Crippen LogP contribution < -0.4 is 15.0 Å². The molecular weight excluding hydrogens is 364 g/mol. The van der Waals surface area contributed by atoms with E-state index in [9.17, 15) is 4.79 Å². The Labute approximate surface area is 174 Å². The Balaban J connectivity index is 1.36. The lowest BCUT2D eigenvalue weighted by molar-refractivity contribution is -0.121. The predicted molar refractivity (Wildman–Crippen MR) is 115 cm³/mol. The van der Waals surface area contributed by atoms with E-state index >= 15 is 0 Å². The molecule has 1 amide bonds. The number of rotatable bonds is 8. The number of para-hydroxylation sites is 2. The molecule has 0 spiro atoms. The lowest BCUT2D eigenvalue weighted by Gasteiger charge is -2.37. The fourth-order valence-electron chi connectivity index (χ4n) is 4.52. The van der Waals surface area contributed by atoms with Gasteiger partial charge in [0.2, 0.25) is 5.91 Å². The van der Waals surface area contributed by atoms with Crippen molar-refractivity contribution >= 4 is 11.6 Å². The van der Waals surface area contributed by atoms with Gasteiger partial charge in [0.15, 0.2) is 0 Å². The van der Waals surface area contributed by atoms with Gasteiger partial charge in [-0.15, -0.1) is 0 Å². The second-order valence-electron chi connectivity index (χ2n) is 8.14. The SMILES string of the molecule is CCOc1ccccc1N1CCN(CCC2CCC(NC(=O)CC#N)CC2)CC1. The molecular formula is C23H34N4O2. The van der Waals surface area contributed by atoms with Gasteiger partial charge in [-0.25, -0.2) is 0 Å². The highest BCUT2D eigenvalue weighted by Crippen LogP contribution is 2.30. The van der Waals surface area contributed by atoms with Gasteiger partial charge in [-0.05, 0) is 63.6 Å². The van der Waals surface area contributed by atoms with Gasteiger partial charge in [0.05, 0.1) is 18.4 Å². The maximum atomic E-state index is 11.6. The molecule has 1 aromatic carbocycles. The molecule has 0 aromatic heterocycles. The zero-order valence-corrected chi connectivity index (χ0v) is 17.6. The summed E-state index contributed by atoms with van der Waals surface area (Å²) >= 11 is 0. The number of nitrogens with zero attached hydrogens (tertiary/aromatic N) is 3. The zero-order chi connectivity index (χ0) is 20.5. The topological polar surface area (TPSA) is 68.6 Å². The average Bonchev–Trinajstić information content (AvgIpc) is 2.74. The van der Waals surface area contributed by atoms with Crippen LogP contribution in [-0.4, -0.2) is 56.2 Å². The number of ether oxygens (including phenoxy) is 1. The number of carbonyl (C=O) groups is 1. The standard InChI is InChI=1S/C23H34N4O2/c1-2-29-22-6-4-3-5-21(22)27-17-15-26(16-18-27)14-12-19-7-9-20(10-8-19)25-23(28)11-13-24/h3-6,19-20H,2,7-12,14-18H2,1H3,(H,25,28). The lowest BCUT2D eigenvalue weighted by Crippen LogP contribution is -2.47. The minimum Gasteiger partial charge on any atom is -0.492 e. The van der Waals surface area contributed by atoms with Crippen LogP contribution in [0.5, 0.6) is 5.75 Å². The van der Waals surface area contributed by atoms with Gasteiger partial charge in [0, 0.05) is 32.2 Å². The summed E-state index contributed by atoms with van der Waals surface area (Å²) in [5, 5.41) is 11.6.